The van der Waals surface area contributed by atoms with Crippen molar-refractivity contribution < 1.29 is 9.47 Å². The van der Waals surface area contributed by atoms with Gasteiger partial charge >= 0.3 is 5.69 Å². The molecule has 1 aromatic heterocycles. The lowest BCUT2D eigenvalue weighted by atomic mass is 10.3. The van der Waals surface area contributed by atoms with Gasteiger partial charge in [0.25, 0.3) is 0 Å². The van der Waals surface area contributed by atoms with Crippen LogP contribution in [0.2, 0.25) is 0 Å². The number of methoxy groups -OCH3 is 1. The van der Waals surface area contributed by atoms with Crippen LogP contribution in [0, 0.1) is 0 Å². The maximum absolute atomic E-state index is 12.3. The largest absolute Gasteiger partial charge is 0.381 e. The predicted octanol–water partition coefficient (Wildman–Crippen LogP) is 2.10. The maximum Gasteiger partial charge on any atom is 0.351 e. The van der Waals surface area contributed by atoms with E-state index in [9.17, 15) is 4.79 Å². The van der Waals surface area contributed by atoms with Gasteiger partial charge in [-0.1, -0.05) is 13.3 Å². The number of ether oxygens (including phenoxy) is 2. The smallest absolute Gasteiger partial charge is 0.351 e. The number of aromatic nitrogens is 2. The third-order valence-corrected chi connectivity index (χ3v) is 4.75. The Kier molecular flexibility index (Phi) is 6.72. The van der Waals surface area contributed by atoms with E-state index in [1.807, 2.05) is 6.07 Å². The molecule has 1 fully saturated rings. The molecule has 0 aliphatic carbocycles. The molecule has 1 aliphatic heterocycles. The van der Waals surface area contributed by atoms with Crippen molar-refractivity contribution in [3.8, 4) is 0 Å². The second-order valence-electron chi connectivity index (χ2n) is 5.22. The zero-order valence-electron chi connectivity index (χ0n) is 13.5. The van der Waals surface area contributed by atoms with Crippen molar-refractivity contribution in [2.75, 3.05) is 37.5 Å². The lowest BCUT2D eigenvalue weighted by molar-refractivity contribution is -0.0152. The zero-order chi connectivity index (χ0) is 15.9. The fourth-order valence-corrected chi connectivity index (χ4v) is 3.45. The van der Waals surface area contributed by atoms with Crippen LogP contribution in [-0.4, -0.2) is 47.5 Å². The Labute approximate surface area is 135 Å². The molecule has 2 rings (SSSR count). The Bertz CT molecular complexity index is 523. The van der Waals surface area contributed by atoms with E-state index in [0.29, 0.717) is 6.61 Å². The first kappa shape index (κ1) is 17.3. The SMILES string of the molecule is CCCCN(CC)c1ccn([C@@H]2CS[C@H](COC)O2)c(=O)n1. The zero-order valence-corrected chi connectivity index (χ0v) is 14.3. The first-order valence-electron chi connectivity index (χ1n) is 7.79. The van der Waals surface area contributed by atoms with Crippen molar-refractivity contribution >= 4 is 17.6 Å². The van der Waals surface area contributed by atoms with E-state index in [1.165, 1.54) is 0 Å². The van der Waals surface area contributed by atoms with Gasteiger partial charge in [0.15, 0.2) is 0 Å². The highest BCUT2D eigenvalue weighted by molar-refractivity contribution is 8.00. The Balaban J connectivity index is 2.08. The molecule has 22 heavy (non-hydrogen) atoms. The van der Waals surface area contributed by atoms with Crippen LogP contribution < -0.4 is 10.6 Å². The summed E-state index contributed by atoms with van der Waals surface area (Å²) in [5.41, 5.74) is -0.269. The average molecular weight is 327 g/mol. The van der Waals surface area contributed by atoms with Gasteiger partial charge in [-0.05, 0) is 19.4 Å². The molecule has 1 aliphatic rings. The summed E-state index contributed by atoms with van der Waals surface area (Å²) in [7, 11) is 1.65. The van der Waals surface area contributed by atoms with Gasteiger partial charge in [-0.25, -0.2) is 4.79 Å². The first-order chi connectivity index (χ1) is 10.7. The highest BCUT2D eigenvalue weighted by atomic mass is 32.2. The van der Waals surface area contributed by atoms with E-state index in [2.05, 4.69) is 23.7 Å². The van der Waals surface area contributed by atoms with Crippen LogP contribution >= 0.6 is 11.8 Å². The first-order valence-corrected chi connectivity index (χ1v) is 8.84. The molecule has 6 nitrogen and oxygen atoms in total. The maximum atomic E-state index is 12.3. The Morgan fingerprint density at radius 3 is 3.00 bits per heavy atom. The molecular formula is C15H25N3O3S. The highest BCUT2D eigenvalue weighted by Gasteiger charge is 2.28. The molecule has 0 bridgehead atoms. The summed E-state index contributed by atoms with van der Waals surface area (Å²) in [6.07, 6.45) is 3.76. The molecule has 124 valence electrons. The highest BCUT2D eigenvalue weighted by Crippen LogP contribution is 2.31. The molecule has 0 radical (unpaired) electrons. The van der Waals surface area contributed by atoms with Crippen molar-refractivity contribution in [1.82, 2.24) is 9.55 Å². The third kappa shape index (κ3) is 4.24. The molecule has 0 N–H and O–H groups in total. The van der Waals surface area contributed by atoms with Crippen LogP contribution in [0.25, 0.3) is 0 Å². The molecule has 1 saturated heterocycles. The molecule has 0 spiro atoms. The minimum Gasteiger partial charge on any atom is -0.381 e. The fourth-order valence-electron chi connectivity index (χ4n) is 2.40. The summed E-state index contributed by atoms with van der Waals surface area (Å²) in [4.78, 5) is 18.6. The number of thioether (sulfide) groups is 1. The van der Waals surface area contributed by atoms with E-state index in [1.54, 1.807) is 29.6 Å². The minimum absolute atomic E-state index is 0.0155. The van der Waals surface area contributed by atoms with Crippen molar-refractivity contribution in [3.05, 3.63) is 22.7 Å². The van der Waals surface area contributed by atoms with Crippen LogP contribution in [0.1, 0.15) is 32.9 Å². The molecule has 2 heterocycles. The van der Waals surface area contributed by atoms with Crippen molar-refractivity contribution in [1.29, 1.82) is 0 Å². The van der Waals surface area contributed by atoms with Crippen LogP contribution in [0.3, 0.4) is 0 Å². The van der Waals surface area contributed by atoms with E-state index in [-0.39, 0.29) is 17.4 Å². The Morgan fingerprint density at radius 1 is 1.55 bits per heavy atom. The Hall–Kier alpha value is -1.05. The van der Waals surface area contributed by atoms with Gasteiger partial charge in [0.2, 0.25) is 0 Å². The van der Waals surface area contributed by atoms with Crippen LogP contribution in [-0.2, 0) is 9.47 Å². The van der Waals surface area contributed by atoms with E-state index < -0.39 is 0 Å². The second-order valence-corrected chi connectivity index (χ2v) is 6.41. The average Bonchev–Trinajstić information content (AvgIpc) is 2.97. The second kappa shape index (κ2) is 8.55. The fraction of sp³-hybridized carbons (Fsp3) is 0.733. The van der Waals surface area contributed by atoms with Gasteiger partial charge in [-0.15, -0.1) is 11.8 Å². The number of hydrogen-bond donors (Lipinski definition) is 0. The molecule has 2 atom stereocenters. The summed E-state index contributed by atoms with van der Waals surface area (Å²) < 4.78 is 12.5. The van der Waals surface area contributed by atoms with Gasteiger partial charge in [-0.3, -0.25) is 4.57 Å². The van der Waals surface area contributed by atoms with E-state index >= 15 is 0 Å². The van der Waals surface area contributed by atoms with Crippen molar-refractivity contribution in [3.63, 3.8) is 0 Å². The summed E-state index contributed by atoms with van der Waals surface area (Å²) in [6, 6.07) is 1.90. The van der Waals surface area contributed by atoms with Crippen LogP contribution in [0.15, 0.2) is 17.1 Å². The molecular weight excluding hydrogens is 302 g/mol. The van der Waals surface area contributed by atoms with Crippen molar-refractivity contribution in [2.45, 2.75) is 38.4 Å². The molecule has 0 aromatic carbocycles. The third-order valence-electron chi connectivity index (χ3n) is 3.65. The van der Waals surface area contributed by atoms with Gasteiger partial charge in [-0.2, -0.15) is 4.98 Å². The number of anilines is 1. The van der Waals surface area contributed by atoms with Gasteiger partial charge in [0, 0.05) is 32.1 Å². The minimum atomic E-state index is -0.259. The number of nitrogens with zero attached hydrogens (tertiary/aromatic N) is 3. The molecule has 0 saturated carbocycles. The van der Waals surface area contributed by atoms with E-state index in [0.717, 1.165) is 37.5 Å². The standard InChI is InChI=1S/C15H25N3O3S/c1-4-6-8-17(5-2)12-7-9-18(15(19)16-12)13-11-22-14(21-13)10-20-3/h7,9,13-14H,4-6,8,10-11H2,1-3H3/t13-,14+/m0/s1. The monoisotopic (exact) mass is 327 g/mol. The quantitative estimate of drug-likeness (QED) is 0.729. The normalized spacial score (nSPS) is 21.2. The van der Waals surface area contributed by atoms with Gasteiger partial charge in [0.05, 0.1) is 6.61 Å². The topological polar surface area (TPSA) is 56.6 Å². The van der Waals surface area contributed by atoms with E-state index in [4.69, 9.17) is 9.47 Å². The summed E-state index contributed by atoms with van der Waals surface area (Å²) in [5, 5.41) is 0. The molecule has 0 unspecified atom stereocenters. The predicted molar refractivity (Wildman–Crippen MR) is 89.5 cm³/mol. The Morgan fingerprint density at radius 2 is 2.36 bits per heavy atom. The lowest BCUT2D eigenvalue weighted by Gasteiger charge is -2.22. The van der Waals surface area contributed by atoms with Crippen LogP contribution in [0.4, 0.5) is 5.82 Å². The number of hydrogen-bond acceptors (Lipinski definition) is 6. The molecule has 1 aromatic rings. The van der Waals surface area contributed by atoms with Gasteiger partial charge < -0.3 is 14.4 Å². The summed E-state index contributed by atoms with van der Waals surface area (Å²) >= 11 is 1.66. The number of rotatable bonds is 8. The van der Waals surface area contributed by atoms with Crippen LogP contribution in [0.5, 0.6) is 0 Å². The van der Waals surface area contributed by atoms with Gasteiger partial charge in [0.1, 0.15) is 17.5 Å². The van der Waals surface area contributed by atoms with Crippen molar-refractivity contribution in [2.24, 2.45) is 0 Å². The summed E-state index contributed by atoms with van der Waals surface area (Å²) in [5.74, 6) is 1.48. The molecule has 7 heteroatoms. The number of unbranched alkanes of at least 4 members (excludes halogenated alkanes) is 1. The molecule has 0 amide bonds. The summed E-state index contributed by atoms with van der Waals surface area (Å²) in [6.45, 7) is 6.54. The lowest BCUT2D eigenvalue weighted by Crippen LogP contribution is -2.32.